The molecule has 2 aromatic carbocycles. The molecule has 0 unspecified atom stereocenters. The molecule has 0 aliphatic rings. The molecule has 1 N–H and O–H groups in total. The zero-order chi connectivity index (χ0) is 23.8. The van der Waals surface area contributed by atoms with Gasteiger partial charge in [0.05, 0.1) is 31.0 Å². The molecule has 0 heterocycles. The van der Waals surface area contributed by atoms with Crippen LogP contribution >= 0.6 is 11.6 Å². The van der Waals surface area contributed by atoms with E-state index in [1.807, 2.05) is 38.1 Å². The van der Waals surface area contributed by atoms with E-state index in [4.69, 9.17) is 21.1 Å². The van der Waals surface area contributed by atoms with E-state index < -0.39 is 15.4 Å². The van der Waals surface area contributed by atoms with Crippen molar-refractivity contribution in [2.24, 2.45) is 0 Å². The van der Waals surface area contributed by atoms with E-state index in [2.05, 4.69) is 10.8 Å². The maximum atomic E-state index is 11.8. The first kappa shape index (κ1) is 25.7. The van der Waals surface area contributed by atoms with Crippen LogP contribution in [-0.2, 0) is 20.2 Å². The monoisotopic (exact) mass is 478 g/mol. The Morgan fingerprint density at radius 1 is 1.12 bits per heavy atom. The van der Waals surface area contributed by atoms with Crippen LogP contribution in [0.3, 0.4) is 0 Å². The van der Waals surface area contributed by atoms with Crippen LogP contribution in [0.5, 0.6) is 11.5 Å². The van der Waals surface area contributed by atoms with Crippen molar-refractivity contribution < 1.29 is 22.7 Å². The predicted octanol–water partition coefficient (Wildman–Crippen LogP) is 3.39. The number of nitrogens with one attached hydrogen (secondary N) is 1. The van der Waals surface area contributed by atoms with Crippen molar-refractivity contribution in [3.05, 3.63) is 59.2 Å². The van der Waals surface area contributed by atoms with E-state index in [1.165, 1.54) is 0 Å². The molecular formula is C23H27ClN2O5S. The third-order valence-electron chi connectivity index (χ3n) is 4.84. The second-order valence-corrected chi connectivity index (χ2v) is 9.99. The topological polar surface area (TPSA) is 105 Å². The first-order valence-electron chi connectivity index (χ1n) is 10.00. The van der Waals surface area contributed by atoms with Gasteiger partial charge in [-0.1, -0.05) is 32.0 Å². The molecule has 0 amide bonds. The highest BCUT2D eigenvalue weighted by molar-refractivity contribution is 7.88. The van der Waals surface area contributed by atoms with Gasteiger partial charge in [-0.25, -0.2) is 13.1 Å². The maximum Gasteiger partial charge on any atom is 0.209 e. The van der Waals surface area contributed by atoms with Gasteiger partial charge in [-0.2, -0.15) is 5.26 Å². The summed E-state index contributed by atoms with van der Waals surface area (Å²) >= 11 is 5.67. The number of carbonyl (C=O) groups is 1. The minimum absolute atomic E-state index is 0.241. The highest BCUT2D eigenvalue weighted by atomic mass is 35.5. The average Bonchev–Trinajstić information content (AvgIpc) is 2.76. The van der Waals surface area contributed by atoms with Crippen LogP contribution in [0.25, 0.3) is 0 Å². The molecule has 2 aromatic rings. The Balaban J connectivity index is 2.09. The van der Waals surface area contributed by atoms with Gasteiger partial charge in [0.15, 0.2) is 5.78 Å². The molecule has 7 nitrogen and oxygen atoms in total. The third kappa shape index (κ3) is 7.52. The Kier molecular flexibility index (Phi) is 9.08. The number of alkyl halides is 1. The van der Waals surface area contributed by atoms with Crippen LogP contribution in [0.1, 0.15) is 37.0 Å². The second-order valence-electron chi connectivity index (χ2n) is 7.78. The zero-order valence-electron chi connectivity index (χ0n) is 18.4. The van der Waals surface area contributed by atoms with Gasteiger partial charge in [0.1, 0.15) is 18.1 Å². The Labute approximate surface area is 194 Å². The number of nitrogens with zero attached hydrogens (tertiary/aromatic N) is 1. The number of rotatable bonds is 12. The predicted molar refractivity (Wildman–Crippen MR) is 124 cm³/mol. The molecule has 0 fully saturated rings. The third-order valence-corrected chi connectivity index (χ3v) is 5.77. The zero-order valence-corrected chi connectivity index (χ0v) is 19.9. The lowest BCUT2D eigenvalue weighted by molar-refractivity contribution is -0.119. The number of ketones is 1. The molecule has 0 aliphatic heterocycles. The summed E-state index contributed by atoms with van der Waals surface area (Å²) in [6.07, 6.45) is 1.71. The van der Waals surface area contributed by atoms with Crippen molar-refractivity contribution in [2.45, 2.75) is 25.7 Å². The van der Waals surface area contributed by atoms with Crippen LogP contribution in [0, 0.1) is 11.3 Å². The summed E-state index contributed by atoms with van der Waals surface area (Å²) in [6, 6.07) is 15.0. The van der Waals surface area contributed by atoms with E-state index in [-0.39, 0.29) is 18.9 Å². The molecule has 32 heavy (non-hydrogen) atoms. The van der Waals surface area contributed by atoms with Crippen LogP contribution < -0.4 is 14.2 Å². The van der Waals surface area contributed by atoms with Crippen molar-refractivity contribution in [3.8, 4) is 17.6 Å². The van der Waals surface area contributed by atoms with Crippen molar-refractivity contribution >= 4 is 27.4 Å². The minimum Gasteiger partial charge on any atom is -0.494 e. The van der Waals surface area contributed by atoms with Crippen molar-refractivity contribution in [2.75, 3.05) is 31.9 Å². The summed E-state index contributed by atoms with van der Waals surface area (Å²) in [4.78, 5) is 11.8. The standard InChI is InChI=1S/C23H27ClN2O5S/c1-23(2,22-10-9-21(13-17(22)14-25)30-12-4-11-24)18-5-7-20(8-6-18)31-16-19(27)15-26-32(3,28)29/h5-10,13,26H,4,11-12,15-16H2,1-3H3. The quantitative estimate of drug-likeness (QED) is 0.370. The molecule has 0 spiro atoms. The Morgan fingerprint density at radius 2 is 1.78 bits per heavy atom. The number of sulfonamides is 1. The van der Waals surface area contributed by atoms with Gasteiger partial charge in [0, 0.05) is 11.3 Å². The number of halogens is 1. The SMILES string of the molecule is CC(C)(c1ccc(OCC(=O)CNS(C)(=O)=O)cc1)c1ccc(OCCCCl)cc1C#N. The number of ether oxygens (including phenoxy) is 2. The van der Waals surface area contributed by atoms with Crippen molar-refractivity contribution in [1.29, 1.82) is 5.26 Å². The van der Waals surface area contributed by atoms with Crippen LogP contribution in [-0.4, -0.2) is 46.1 Å². The van der Waals surface area contributed by atoms with Gasteiger partial charge < -0.3 is 9.47 Å². The maximum absolute atomic E-state index is 11.8. The second kappa shape index (κ2) is 11.3. The fourth-order valence-electron chi connectivity index (χ4n) is 3.05. The molecular weight excluding hydrogens is 452 g/mol. The summed E-state index contributed by atoms with van der Waals surface area (Å²) in [7, 11) is -3.43. The molecule has 0 bridgehead atoms. The van der Waals surface area contributed by atoms with Gasteiger partial charge in [-0.15, -0.1) is 11.6 Å². The smallest absolute Gasteiger partial charge is 0.209 e. The van der Waals surface area contributed by atoms with E-state index >= 15 is 0 Å². The Morgan fingerprint density at radius 3 is 2.38 bits per heavy atom. The number of hydrogen-bond acceptors (Lipinski definition) is 6. The number of nitriles is 1. The van der Waals surface area contributed by atoms with Crippen molar-refractivity contribution in [3.63, 3.8) is 0 Å². The minimum atomic E-state index is -3.43. The first-order chi connectivity index (χ1) is 15.1. The van der Waals surface area contributed by atoms with Crippen molar-refractivity contribution in [1.82, 2.24) is 4.72 Å². The highest BCUT2D eigenvalue weighted by Crippen LogP contribution is 2.35. The normalized spacial score (nSPS) is 11.6. The summed E-state index contributed by atoms with van der Waals surface area (Å²) < 4.78 is 35.3. The van der Waals surface area contributed by atoms with Crippen LogP contribution in [0.15, 0.2) is 42.5 Å². The fourth-order valence-corrected chi connectivity index (χ4v) is 3.58. The molecule has 0 aliphatic carbocycles. The molecule has 0 saturated heterocycles. The fraction of sp³-hybridized carbons (Fsp3) is 0.391. The van der Waals surface area contributed by atoms with Gasteiger partial charge in [-0.05, 0) is 41.8 Å². The Hall–Kier alpha value is -2.60. The van der Waals surface area contributed by atoms with Gasteiger partial charge in [0.25, 0.3) is 0 Å². The summed E-state index contributed by atoms with van der Waals surface area (Å²) in [5.74, 6) is 1.25. The lowest BCUT2D eigenvalue weighted by atomic mass is 9.76. The number of hydrogen-bond donors (Lipinski definition) is 1. The largest absolute Gasteiger partial charge is 0.494 e. The van der Waals surface area contributed by atoms with Crippen LogP contribution in [0.4, 0.5) is 0 Å². The number of Topliss-reactive ketones (excluding diaryl/α,β-unsaturated/α-hetero) is 1. The summed E-state index contributed by atoms with van der Waals surface area (Å²) in [6.45, 7) is 3.98. The molecule has 0 aromatic heterocycles. The Bertz CT molecular complexity index is 1080. The number of carbonyl (C=O) groups excluding carboxylic acids is 1. The lowest BCUT2D eigenvalue weighted by Gasteiger charge is -2.27. The van der Waals surface area contributed by atoms with Gasteiger partial charge >= 0.3 is 0 Å². The van der Waals surface area contributed by atoms with E-state index in [1.54, 1.807) is 18.2 Å². The van der Waals surface area contributed by atoms with Gasteiger partial charge in [-0.3, -0.25) is 4.79 Å². The molecule has 0 atom stereocenters. The molecule has 2 rings (SSSR count). The van der Waals surface area contributed by atoms with E-state index in [0.717, 1.165) is 23.8 Å². The molecule has 172 valence electrons. The molecule has 9 heteroatoms. The molecule has 0 saturated carbocycles. The number of benzene rings is 2. The summed E-state index contributed by atoms with van der Waals surface area (Å²) in [5, 5.41) is 9.66. The average molecular weight is 479 g/mol. The van der Waals surface area contributed by atoms with E-state index in [0.29, 0.717) is 29.5 Å². The van der Waals surface area contributed by atoms with Gasteiger partial charge in [0.2, 0.25) is 10.0 Å². The molecule has 0 radical (unpaired) electrons. The first-order valence-corrected chi connectivity index (χ1v) is 12.4. The van der Waals surface area contributed by atoms with Crippen LogP contribution in [0.2, 0.25) is 0 Å². The van der Waals surface area contributed by atoms with E-state index in [9.17, 15) is 18.5 Å². The summed E-state index contributed by atoms with van der Waals surface area (Å²) in [5.41, 5.74) is 1.89. The highest BCUT2D eigenvalue weighted by Gasteiger charge is 2.26. The lowest BCUT2D eigenvalue weighted by Crippen LogP contribution is -2.31.